The molecule has 0 saturated carbocycles. The van der Waals surface area contributed by atoms with E-state index in [-0.39, 0.29) is 30.7 Å². The van der Waals surface area contributed by atoms with Crippen molar-refractivity contribution >= 4 is 5.97 Å². The zero-order valence-corrected chi connectivity index (χ0v) is 24.3. The van der Waals surface area contributed by atoms with Crippen molar-refractivity contribution in [3.05, 3.63) is 76.1 Å². The average Bonchev–Trinajstić information content (AvgIpc) is 3.58. The van der Waals surface area contributed by atoms with Crippen LogP contribution in [0, 0.1) is 19.7 Å². The van der Waals surface area contributed by atoms with Gasteiger partial charge in [-0.1, -0.05) is 12.1 Å². The maximum absolute atomic E-state index is 15.3. The molecule has 222 valence electrons. The molecular formula is C34H37FO7. The van der Waals surface area contributed by atoms with Crippen LogP contribution in [-0.2, 0) is 20.7 Å². The molecule has 0 radical (unpaired) electrons. The molecule has 7 nitrogen and oxygen atoms in total. The average molecular weight is 577 g/mol. The molecule has 1 aliphatic carbocycles. The third-order valence-corrected chi connectivity index (χ3v) is 8.77. The summed E-state index contributed by atoms with van der Waals surface area (Å²) < 4.78 is 43.7. The fourth-order valence-electron chi connectivity index (χ4n) is 6.52. The molecule has 1 N–H and O–H groups in total. The largest absolute Gasteiger partial charge is 0.492 e. The molecule has 2 heterocycles. The minimum atomic E-state index is -0.874. The molecule has 2 atom stereocenters. The number of esters is 1. The Morgan fingerprint density at radius 1 is 1.07 bits per heavy atom. The van der Waals surface area contributed by atoms with Gasteiger partial charge in [0.25, 0.3) is 0 Å². The van der Waals surface area contributed by atoms with E-state index in [1.165, 1.54) is 13.2 Å². The van der Waals surface area contributed by atoms with Crippen LogP contribution in [0.2, 0.25) is 0 Å². The van der Waals surface area contributed by atoms with Crippen molar-refractivity contribution in [1.29, 1.82) is 0 Å². The van der Waals surface area contributed by atoms with Gasteiger partial charge in [-0.05, 0) is 78.8 Å². The summed E-state index contributed by atoms with van der Waals surface area (Å²) in [6.07, 6.45) is 2.31. The normalized spacial score (nSPS) is 20.4. The van der Waals surface area contributed by atoms with E-state index in [4.69, 9.17) is 23.7 Å². The highest BCUT2D eigenvalue weighted by Gasteiger charge is 2.33. The number of halogens is 1. The highest BCUT2D eigenvalue weighted by Crippen LogP contribution is 2.45. The van der Waals surface area contributed by atoms with Gasteiger partial charge < -0.3 is 28.8 Å². The van der Waals surface area contributed by atoms with E-state index < -0.39 is 11.7 Å². The van der Waals surface area contributed by atoms with Crippen LogP contribution in [0.5, 0.6) is 17.2 Å². The fraction of sp³-hybridized carbons (Fsp3) is 0.441. The Morgan fingerprint density at radius 2 is 1.83 bits per heavy atom. The highest BCUT2D eigenvalue weighted by atomic mass is 19.1. The van der Waals surface area contributed by atoms with Gasteiger partial charge in [-0.15, -0.1) is 0 Å². The number of hydrogen-bond acceptors (Lipinski definition) is 7. The zero-order chi connectivity index (χ0) is 29.4. The van der Waals surface area contributed by atoms with E-state index in [0.29, 0.717) is 68.3 Å². The van der Waals surface area contributed by atoms with Gasteiger partial charge in [0.2, 0.25) is 0 Å². The lowest BCUT2D eigenvalue weighted by atomic mass is 9.90. The first-order chi connectivity index (χ1) is 20.2. The third kappa shape index (κ3) is 5.57. The maximum Gasteiger partial charge on any atom is 0.306 e. The van der Waals surface area contributed by atoms with E-state index in [1.54, 1.807) is 0 Å². The lowest BCUT2D eigenvalue weighted by Crippen LogP contribution is -2.41. The van der Waals surface area contributed by atoms with Gasteiger partial charge >= 0.3 is 5.97 Å². The zero-order valence-electron chi connectivity index (χ0n) is 24.3. The predicted octanol–water partition coefficient (Wildman–Crippen LogP) is 6.14. The standard InChI is InChI=1S/C34H37FO7/c1-20-14-24(41-19-34(37)10-12-39-13-11-34)15-21(2)32(20)26-6-8-28(35)33-27(26)7-9-29(33)42-23-4-5-25-22(16-31(36)38-3)18-40-30(25)17-23/h4-6,8,14-15,17,22,29,37H,7,9-13,16,18-19H2,1-3H3. The monoisotopic (exact) mass is 576 g/mol. The summed E-state index contributed by atoms with van der Waals surface area (Å²) in [5, 5.41) is 10.8. The van der Waals surface area contributed by atoms with Crippen molar-refractivity contribution in [2.75, 3.05) is 33.5 Å². The number of methoxy groups -OCH3 is 1. The molecule has 6 rings (SSSR count). The molecule has 2 aliphatic heterocycles. The summed E-state index contributed by atoms with van der Waals surface area (Å²) in [6, 6.07) is 13.0. The van der Waals surface area contributed by atoms with Crippen molar-refractivity contribution < 1.29 is 38.0 Å². The number of aliphatic hydroxyl groups is 1. The van der Waals surface area contributed by atoms with Crippen LogP contribution in [0.4, 0.5) is 4.39 Å². The van der Waals surface area contributed by atoms with E-state index in [9.17, 15) is 9.90 Å². The molecule has 0 spiro atoms. The molecule has 1 saturated heterocycles. The smallest absolute Gasteiger partial charge is 0.306 e. The fourth-order valence-corrected chi connectivity index (χ4v) is 6.52. The number of carbonyl (C=O) groups excluding carboxylic acids is 1. The Bertz CT molecular complexity index is 1470. The summed E-state index contributed by atoms with van der Waals surface area (Å²) in [7, 11) is 1.38. The molecule has 3 aromatic rings. The van der Waals surface area contributed by atoms with Crippen LogP contribution in [0.1, 0.15) is 65.5 Å². The Hall–Kier alpha value is -3.62. The van der Waals surface area contributed by atoms with E-state index in [0.717, 1.165) is 33.4 Å². The third-order valence-electron chi connectivity index (χ3n) is 8.77. The van der Waals surface area contributed by atoms with Crippen molar-refractivity contribution in [2.45, 2.75) is 63.6 Å². The van der Waals surface area contributed by atoms with Crippen LogP contribution in [0.15, 0.2) is 42.5 Å². The molecule has 3 aliphatic rings. The van der Waals surface area contributed by atoms with Crippen LogP contribution in [0.3, 0.4) is 0 Å². The van der Waals surface area contributed by atoms with Gasteiger partial charge in [0, 0.05) is 49.2 Å². The van der Waals surface area contributed by atoms with Crippen molar-refractivity contribution in [2.24, 2.45) is 0 Å². The van der Waals surface area contributed by atoms with Gasteiger partial charge in [-0.3, -0.25) is 4.79 Å². The van der Waals surface area contributed by atoms with Gasteiger partial charge in [-0.25, -0.2) is 4.39 Å². The maximum atomic E-state index is 15.3. The SMILES string of the molecule is COC(=O)CC1COc2cc(OC3CCc4c(-c5c(C)cc(OCC6(O)CCOCC6)cc5C)ccc(F)c43)ccc21. The Labute approximate surface area is 245 Å². The first-order valence-electron chi connectivity index (χ1n) is 14.6. The number of carbonyl (C=O) groups is 1. The second-order valence-corrected chi connectivity index (χ2v) is 11.7. The minimum Gasteiger partial charge on any atom is -0.492 e. The molecule has 0 amide bonds. The Balaban J connectivity index is 1.22. The van der Waals surface area contributed by atoms with Crippen molar-refractivity contribution in [1.82, 2.24) is 0 Å². The molecule has 1 fully saturated rings. The lowest BCUT2D eigenvalue weighted by Gasteiger charge is -2.31. The summed E-state index contributed by atoms with van der Waals surface area (Å²) in [4.78, 5) is 11.8. The number of benzene rings is 3. The van der Waals surface area contributed by atoms with E-state index in [2.05, 4.69) is 0 Å². The first kappa shape index (κ1) is 28.5. The minimum absolute atomic E-state index is 0.0522. The molecule has 0 bridgehead atoms. The molecular weight excluding hydrogens is 539 g/mol. The summed E-state index contributed by atoms with van der Waals surface area (Å²) in [5.41, 5.74) is 5.76. The number of rotatable bonds is 8. The summed E-state index contributed by atoms with van der Waals surface area (Å²) in [6.45, 7) is 5.78. The van der Waals surface area contributed by atoms with Gasteiger partial charge in [0.1, 0.15) is 41.4 Å². The molecule has 2 unspecified atom stereocenters. The number of ether oxygens (including phenoxy) is 5. The number of fused-ring (bicyclic) bond motifs is 2. The van der Waals surface area contributed by atoms with Crippen LogP contribution in [0.25, 0.3) is 11.1 Å². The van der Waals surface area contributed by atoms with Gasteiger partial charge in [0.15, 0.2) is 0 Å². The highest BCUT2D eigenvalue weighted by molar-refractivity contribution is 5.76. The topological polar surface area (TPSA) is 83.5 Å². The summed E-state index contributed by atoms with van der Waals surface area (Å²) >= 11 is 0. The van der Waals surface area contributed by atoms with Crippen LogP contribution in [-0.4, -0.2) is 50.2 Å². The molecule has 42 heavy (non-hydrogen) atoms. The van der Waals surface area contributed by atoms with E-state index >= 15 is 4.39 Å². The van der Waals surface area contributed by atoms with E-state index in [1.807, 2.05) is 50.2 Å². The first-order valence-corrected chi connectivity index (χ1v) is 14.6. The molecule has 8 heteroatoms. The summed E-state index contributed by atoms with van der Waals surface area (Å²) in [5.74, 6) is 1.41. The van der Waals surface area contributed by atoms with Crippen LogP contribution < -0.4 is 14.2 Å². The Morgan fingerprint density at radius 3 is 2.57 bits per heavy atom. The molecule has 0 aromatic heterocycles. The predicted molar refractivity (Wildman–Crippen MR) is 155 cm³/mol. The quantitative estimate of drug-likeness (QED) is 0.323. The van der Waals surface area contributed by atoms with Crippen LogP contribution >= 0.6 is 0 Å². The number of aryl methyl sites for hydroxylation is 2. The lowest BCUT2D eigenvalue weighted by molar-refractivity contribution is -0.141. The van der Waals surface area contributed by atoms with Gasteiger partial charge in [-0.2, -0.15) is 0 Å². The number of hydrogen-bond donors (Lipinski definition) is 1. The van der Waals surface area contributed by atoms with Crippen molar-refractivity contribution in [3.63, 3.8) is 0 Å². The molecule has 3 aromatic carbocycles. The van der Waals surface area contributed by atoms with Crippen molar-refractivity contribution in [3.8, 4) is 28.4 Å². The van der Waals surface area contributed by atoms with Gasteiger partial charge in [0.05, 0.1) is 20.1 Å². The second kappa shape index (κ2) is 11.6. The Kier molecular flexibility index (Phi) is 7.85. The second-order valence-electron chi connectivity index (χ2n) is 11.7.